The van der Waals surface area contributed by atoms with Crippen molar-refractivity contribution in [1.82, 2.24) is 0 Å². The quantitative estimate of drug-likeness (QED) is 0.324. The summed E-state index contributed by atoms with van der Waals surface area (Å²) < 4.78 is 25.0. The van der Waals surface area contributed by atoms with Crippen LogP contribution in [0, 0.1) is 11.8 Å². The second-order valence-electron chi connectivity index (χ2n) is 8.41. The third-order valence-corrected chi connectivity index (χ3v) is 13.0. The highest BCUT2D eigenvalue weighted by Crippen LogP contribution is 2.38. The Balaban J connectivity index is 2.52. The first-order valence-corrected chi connectivity index (χ1v) is 15.6. The molecule has 0 heterocycles. The Morgan fingerprint density at radius 2 is 1.45 bits per heavy atom. The summed E-state index contributed by atoms with van der Waals surface area (Å²) in [5.41, 5.74) is 1.19. The Morgan fingerprint density at radius 3 is 1.90 bits per heavy atom. The third kappa shape index (κ3) is 6.40. The summed E-state index contributed by atoms with van der Waals surface area (Å²) in [5.74, 6) is 0.431. The molecule has 31 heavy (non-hydrogen) atoms. The summed E-state index contributed by atoms with van der Waals surface area (Å²) in [5, 5.41) is 1.82. The lowest BCUT2D eigenvalue weighted by Crippen LogP contribution is -2.39. The van der Waals surface area contributed by atoms with Crippen LogP contribution in [0.3, 0.4) is 0 Å². The minimum absolute atomic E-state index is 0.0553. The lowest BCUT2D eigenvalue weighted by Gasteiger charge is -2.38. The van der Waals surface area contributed by atoms with Gasteiger partial charge in [0, 0.05) is 18.4 Å². The molecule has 2 rings (SSSR count). The van der Waals surface area contributed by atoms with Crippen molar-refractivity contribution in [3.05, 3.63) is 77.7 Å². The predicted octanol–water partition coefficient (Wildman–Crippen LogP) is 7.69. The van der Waals surface area contributed by atoms with Crippen LogP contribution in [0.15, 0.2) is 81.4 Å². The zero-order valence-corrected chi connectivity index (χ0v) is 21.8. The van der Waals surface area contributed by atoms with Crippen LogP contribution in [0.5, 0.6) is 0 Å². The first-order valence-electron chi connectivity index (χ1n) is 11.5. The van der Waals surface area contributed by atoms with E-state index in [1.54, 1.807) is 7.05 Å². The molecule has 3 nitrogen and oxygen atoms in total. The van der Waals surface area contributed by atoms with Crippen molar-refractivity contribution < 1.29 is 8.63 Å². The summed E-state index contributed by atoms with van der Waals surface area (Å²) in [6.07, 6.45) is 2.05. The van der Waals surface area contributed by atoms with E-state index >= 15 is 0 Å². The van der Waals surface area contributed by atoms with Gasteiger partial charge in [0.05, 0.1) is 20.7 Å². The van der Waals surface area contributed by atoms with Gasteiger partial charge in [0.2, 0.25) is 0 Å². The molecule has 0 N–H and O–H groups in total. The number of hydrogen-bond acceptors (Lipinski definition) is 3. The Labute approximate surface area is 191 Å². The van der Waals surface area contributed by atoms with Crippen LogP contribution < -0.4 is 0 Å². The third-order valence-electron chi connectivity index (χ3n) is 6.39. The van der Waals surface area contributed by atoms with Crippen molar-refractivity contribution in [3.8, 4) is 0 Å². The minimum Gasteiger partial charge on any atom is -0.409 e. The molecule has 0 amide bonds. The standard InChI is InChI=1S/C26H39NO2SSi/c1-7-31(8-2,9-3)29-26(23-16-12-10-13-17-23)25(22(4)5)20-21-30(28,27-6)24-18-14-11-15-19-24/h10-22,25-26H,7-9H2,1-6H3/b21-20-/t25-,26+,30?/m1/s1. The first-order chi connectivity index (χ1) is 14.8. The maximum atomic E-state index is 13.6. The van der Waals surface area contributed by atoms with Crippen molar-refractivity contribution in [3.63, 3.8) is 0 Å². The van der Waals surface area contributed by atoms with Crippen LogP contribution in [0.2, 0.25) is 18.1 Å². The normalized spacial score (nSPS) is 16.2. The maximum absolute atomic E-state index is 13.6. The average Bonchev–Trinajstić information content (AvgIpc) is 2.82. The molecular formula is C26H39NO2SSi. The highest BCUT2D eigenvalue weighted by Gasteiger charge is 2.36. The van der Waals surface area contributed by atoms with Gasteiger partial charge in [0.1, 0.15) is 0 Å². The van der Waals surface area contributed by atoms with E-state index in [2.05, 4.69) is 69.3 Å². The number of rotatable bonds is 11. The van der Waals surface area contributed by atoms with E-state index < -0.39 is 18.0 Å². The number of benzene rings is 2. The molecule has 1 unspecified atom stereocenters. The van der Waals surface area contributed by atoms with Crippen LogP contribution >= 0.6 is 0 Å². The number of hydrogen-bond donors (Lipinski definition) is 0. The Hall–Kier alpha value is -1.69. The fourth-order valence-corrected chi connectivity index (χ4v) is 8.27. The van der Waals surface area contributed by atoms with Gasteiger partial charge in [0.25, 0.3) is 0 Å². The van der Waals surface area contributed by atoms with E-state index in [1.165, 1.54) is 5.56 Å². The molecule has 0 bridgehead atoms. The smallest absolute Gasteiger partial charge is 0.192 e. The summed E-state index contributed by atoms with van der Waals surface area (Å²) in [7, 11) is -2.82. The zero-order valence-electron chi connectivity index (χ0n) is 20.0. The summed E-state index contributed by atoms with van der Waals surface area (Å²) in [4.78, 5) is 0.743. The fraction of sp³-hybridized carbons (Fsp3) is 0.462. The van der Waals surface area contributed by atoms with Gasteiger partial charge in [-0.05, 0) is 41.7 Å². The fourth-order valence-electron chi connectivity index (χ4n) is 4.01. The molecule has 2 aromatic carbocycles. The van der Waals surface area contributed by atoms with E-state index in [4.69, 9.17) is 4.43 Å². The molecule has 0 aliphatic rings. The molecular weight excluding hydrogens is 418 g/mol. The van der Waals surface area contributed by atoms with E-state index in [1.807, 2.05) is 41.8 Å². The molecule has 0 spiro atoms. The van der Waals surface area contributed by atoms with Crippen LogP contribution in [0.25, 0.3) is 0 Å². The first kappa shape index (κ1) is 25.6. The van der Waals surface area contributed by atoms with Crippen molar-refractivity contribution in [2.75, 3.05) is 7.05 Å². The molecule has 0 fully saturated rings. The van der Waals surface area contributed by atoms with Crippen LogP contribution in [-0.2, 0) is 14.2 Å². The lowest BCUT2D eigenvalue weighted by molar-refractivity contribution is 0.120. The van der Waals surface area contributed by atoms with Gasteiger partial charge in [-0.1, -0.05) is 89.2 Å². The van der Waals surface area contributed by atoms with Gasteiger partial charge >= 0.3 is 0 Å². The summed E-state index contributed by atoms with van der Waals surface area (Å²) in [6, 6.07) is 23.3. The monoisotopic (exact) mass is 457 g/mol. The van der Waals surface area contributed by atoms with Crippen molar-refractivity contribution >= 4 is 18.0 Å². The molecule has 0 saturated carbocycles. The molecule has 0 saturated heterocycles. The average molecular weight is 458 g/mol. The molecule has 0 aliphatic carbocycles. The SMILES string of the molecule is CC[Si](CC)(CC)O[C@@H](c1ccccc1)[C@H](/C=C\S(=O)(=NC)c1ccccc1)C(C)C. The minimum atomic E-state index is -2.61. The zero-order chi connectivity index (χ0) is 22.9. The molecule has 170 valence electrons. The molecule has 5 heteroatoms. The highest BCUT2D eigenvalue weighted by molar-refractivity contribution is 7.96. The second-order valence-corrected chi connectivity index (χ2v) is 15.4. The summed E-state index contributed by atoms with van der Waals surface area (Å²) >= 11 is 0. The van der Waals surface area contributed by atoms with Crippen LogP contribution in [-0.4, -0.2) is 19.6 Å². The molecule has 0 aliphatic heterocycles. The van der Waals surface area contributed by atoms with Gasteiger partial charge in [-0.25, -0.2) is 8.57 Å². The van der Waals surface area contributed by atoms with Gasteiger partial charge in [-0.2, -0.15) is 0 Å². The van der Waals surface area contributed by atoms with E-state index in [0.717, 1.165) is 23.0 Å². The van der Waals surface area contributed by atoms with Crippen LogP contribution in [0.4, 0.5) is 0 Å². The summed E-state index contributed by atoms with van der Waals surface area (Å²) in [6.45, 7) is 11.2. The van der Waals surface area contributed by atoms with E-state index in [9.17, 15) is 4.21 Å². The molecule has 2 aromatic rings. The van der Waals surface area contributed by atoms with Crippen molar-refractivity contribution in [1.29, 1.82) is 0 Å². The van der Waals surface area contributed by atoms with Crippen molar-refractivity contribution in [2.24, 2.45) is 16.2 Å². The van der Waals surface area contributed by atoms with Gasteiger partial charge in [-0.15, -0.1) is 0 Å². The van der Waals surface area contributed by atoms with Gasteiger partial charge in [0.15, 0.2) is 8.32 Å². The topological polar surface area (TPSA) is 38.7 Å². The Morgan fingerprint density at radius 1 is 0.935 bits per heavy atom. The predicted molar refractivity (Wildman–Crippen MR) is 136 cm³/mol. The molecule has 0 radical (unpaired) electrons. The molecule has 3 atom stereocenters. The number of nitrogens with zero attached hydrogens (tertiary/aromatic N) is 1. The van der Waals surface area contributed by atoms with E-state index in [-0.39, 0.29) is 12.0 Å². The van der Waals surface area contributed by atoms with Crippen LogP contribution in [0.1, 0.15) is 46.3 Å². The maximum Gasteiger partial charge on any atom is 0.192 e. The highest BCUT2D eigenvalue weighted by atomic mass is 32.2. The second kappa shape index (κ2) is 11.8. The largest absolute Gasteiger partial charge is 0.409 e. The van der Waals surface area contributed by atoms with E-state index in [0.29, 0.717) is 5.92 Å². The lowest BCUT2D eigenvalue weighted by atomic mass is 9.87. The van der Waals surface area contributed by atoms with Crippen molar-refractivity contribution in [2.45, 2.75) is 63.8 Å². The van der Waals surface area contributed by atoms with Gasteiger partial charge < -0.3 is 4.43 Å². The Bertz CT molecular complexity index is 922. The molecule has 0 aromatic heterocycles. The van der Waals surface area contributed by atoms with Gasteiger partial charge in [-0.3, -0.25) is 0 Å². The Kier molecular flexibility index (Phi) is 9.73.